The van der Waals surface area contributed by atoms with E-state index in [0.717, 1.165) is 12.1 Å². The predicted octanol–water partition coefficient (Wildman–Crippen LogP) is 1.65. The second-order valence-electron chi connectivity index (χ2n) is 3.00. The van der Waals surface area contributed by atoms with E-state index in [4.69, 9.17) is 5.26 Å². The molecule has 0 atom stereocenters. The van der Waals surface area contributed by atoms with Crippen molar-refractivity contribution in [1.82, 2.24) is 0 Å². The van der Waals surface area contributed by atoms with Gasteiger partial charge < -0.3 is 4.74 Å². The van der Waals surface area contributed by atoms with Gasteiger partial charge in [-0.3, -0.25) is 10.1 Å². The molecule has 0 aliphatic rings. The van der Waals surface area contributed by atoms with Crippen molar-refractivity contribution in [1.29, 1.82) is 5.26 Å². The van der Waals surface area contributed by atoms with Gasteiger partial charge in [0, 0.05) is 18.2 Å². The van der Waals surface area contributed by atoms with Crippen LogP contribution in [0.4, 0.5) is 5.69 Å². The first kappa shape index (κ1) is 12.4. The lowest BCUT2D eigenvalue weighted by Gasteiger charge is -1.97. The fraction of sp³-hybridized carbons (Fsp3) is 0.0909. The zero-order chi connectivity index (χ0) is 12.8. The van der Waals surface area contributed by atoms with Gasteiger partial charge in [-0.05, 0) is 17.7 Å². The van der Waals surface area contributed by atoms with Crippen LogP contribution >= 0.6 is 0 Å². The van der Waals surface area contributed by atoms with Crippen LogP contribution in [0.15, 0.2) is 24.3 Å². The molecule has 0 aromatic heterocycles. The molecule has 1 rings (SSSR count). The number of nitrogens with zero attached hydrogens (tertiary/aromatic N) is 2. The Morgan fingerprint density at radius 3 is 2.82 bits per heavy atom. The number of non-ortho nitro benzene ring substituents is 1. The number of benzene rings is 1. The van der Waals surface area contributed by atoms with Gasteiger partial charge in [-0.15, -0.1) is 0 Å². The molecule has 6 nitrogen and oxygen atoms in total. The van der Waals surface area contributed by atoms with Crippen molar-refractivity contribution in [3.63, 3.8) is 0 Å². The number of methoxy groups -OCH3 is 1. The molecule has 0 spiro atoms. The molecular formula is C11H8N2O4. The Bertz CT molecular complexity index is 529. The average molecular weight is 232 g/mol. The van der Waals surface area contributed by atoms with E-state index in [1.807, 2.05) is 6.07 Å². The predicted molar refractivity (Wildman–Crippen MR) is 58.9 cm³/mol. The van der Waals surface area contributed by atoms with Gasteiger partial charge in [-0.1, -0.05) is 0 Å². The minimum atomic E-state index is -0.589. The first-order valence-corrected chi connectivity index (χ1v) is 4.53. The summed E-state index contributed by atoms with van der Waals surface area (Å²) >= 11 is 0. The largest absolute Gasteiger partial charge is 0.466 e. The molecule has 0 radical (unpaired) electrons. The number of ether oxygens (including phenoxy) is 1. The second kappa shape index (κ2) is 5.42. The Kier molecular flexibility index (Phi) is 3.95. The monoisotopic (exact) mass is 232 g/mol. The zero-order valence-corrected chi connectivity index (χ0v) is 8.91. The van der Waals surface area contributed by atoms with Crippen LogP contribution in [0.3, 0.4) is 0 Å². The summed E-state index contributed by atoms with van der Waals surface area (Å²) < 4.78 is 4.39. The number of esters is 1. The maximum Gasteiger partial charge on any atom is 0.330 e. The van der Waals surface area contributed by atoms with Crippen molar-refractivity contribution in [2.24, 2.45) is 0 Å². The average Bonchev–Trinajstić information content (AvgIpc) is 2.35. The molecule has 0 heterocycles. The van der Waals surface area contributed by atoms with Crippen molar-refractivity contribution in [3.8, 4) is 6.07 Å². The van der Waals surface area contributed by atoms with Gasteiger partial charge in [0.05, 0.1) is 17.6 Å². The van der Waals surface area contributed by atoms with E-state index in [9.17, 15) is 14.9 Å². The van der Waals surface area contributed by atoms with Crippen LogP contribution in [-0.2, 0) is 9.53 Å². The molecule has 0 bridgehead atoms. The highest BCUT2D eigenvalue weighted by molar-refractivity contribution is 5.87. The maximum absolute atomic E-state index is 10.9. The summed E-state index contributed by atoms with van der Waals surface area (Å²) in [6.07, 6.45) is 2.51. The molecule has 0 amide bonds. The summed E-state index contributed by atoms with van der Waals surface area (Å²) in [5.74, 6) is -0.563. The van der Waals surface area contributed by atoms with E-state index in [1.165, 1.54) is 25.3 Å². The van der Waals surface area contributed by atoms with E-state index in [0.29, 0.717) is 5.56 Å². The highest BCUT2D eigenvalue weighted by Crippen LogP contribution is 2.18. The molecule has 86 valence electrons. The number of carbonyl (C=O) groups is 1. The van der Waals surface area contributed by atoms with Gasteiger partial charge in [0.1, 0.15) is 6.07 Å². The summed E-state index contributed by atoms with van der Waals surface area (Å²) in [4.78, 5) is 20.8. The number of hydrogen-bond acceptors (Lipinski definition) is 5. The zero-order valence-electron chi connectivity index (χ0n) is 8.91. The summed E-state index contributed by atoms with van der Waals surface area (Å²) in [5, 5.41) is 19.3. The Labute approximate surface area is 96.9 Å². The molecule has 0 N–H and O–H groups in total. The number of hydrogen-bond donors (Lipinski definition) is 0. The minimum Gasteiger partial charge on any atom is -0.466 e. The third kappa shape index (κ3) is 3.14. The molecule has 0 unspecified atom stereocenters. The third-order valence-corrected chi connectivity index (χ3v) is 1.97. The van der Waals surface area contributed by atoms with E-state index < -0.39 is 10.9 Å². The van der Waals surface area contributed by atoms with Crippen molar-refractivity contribution in [2.45, 2.75) is 0 Å². The summed E-state index contributed by atoms with van der Waals surface area (Å²) in [7, 11) is 1.23. The summed E-state index contributed by atoms with van der Waals surface area (Å²) in [6, 6.07) is 5.64. The molecule has 6 heteroatoms. The molecule has 1 aromatic rings. The number of rotatable bonds is 3. The van der Waals surface area contributed by atoms with Crippen LogP contribution < -0.4 is 0 Å². The van der Waals surface area contributed by atoms with Gasteiger partial charge >= 0.3 is 5.97 Å². The van der Waals surface area contributed by atoms with E-state index >= 15 is 0 Å². The number of nitro benzene ring substituents is 1. The highest BCUT2D eigenvalue weighted by Gasteiger charge is 2.09. The topological polar surface area (TPSA) is 93.2 Å². The van der Waals surface area contributed by atoms with Crippen LogP contribution in [0.1, 0.15) is 11.1 Å². The highest BCUT2D eigenvalue weighted by atomic mass is 16.6. The third-order valence-electron chi connectivity index (χ3n) is 1.97. The quantitative estimate of drug-likeness (QED) is 0.342. The van der Waals surface area contributed by atoms with Crippen LogP contribution in [0, 0.1) is 21.4 Å². The van der Waals surface area contributed by atoms with E-state index in [-0.39, 0.29) is 11.3 Å². The van der Waals surface area contributed by atoms with Gasteiger partial charge in [-0.25, -0.2) is 4.79 Å². The minimum absolute atomic E-state index is 0.124. The molecule has 0 fully saturated rings. The van der Waals surface area contributed by atoms with Gasteiger partial charge in [-0.2, -0.15) is 5.26 Å². The molecule has 0 saturated carbocycles. The summed E-state index contributed by atoms with van der Waals surface area (Å²) in [5.41, 5.74) is 0.375. The molecule has 17 heavy (non-hydrogen) atoms. The lowest BCUT2D eigenvalue weighted by molar-refractivity contribution is -0.384. The van der Waals surface area contributed by atoms with Crippen molar-refractivity contribution < 1.29 is 14.5 Å². The number of carbonyl (C=O) groups excluding carboxylic acids is 1. The number of nitriles is 1. The Hall–Kier alpha value is -2.68. The van der Waals surface area contributed by atoms with Gasteiger partial charge in [0.2, 0.25) is 0 Å². The van der Waals surface area contributed by atoms with Gasteiger partial charge in [0.15, 0.2) is 0 Å². The molecule has 0 aliphatic heterocycles. The Morgan fingerprint density at radius 2 is 2.29 bits per heavy atom. The maximum atomic E-state index is 10.9. The summed E-state index contributed by atoms with van der Waals surface area (Å²) in [6.45, 7) is 0. The van der Waals surface area contributed by atoms with Crippen molar-refractivity contribution in [3.05, 3.63) is 45.5 Å². The van der Waals surface area contributed by atoms with Crippen LogP contribution in [0.2, 0.25) is 0 Å². The van der Waals surface area contributed by atoms with Crippen LogP contribution in [0.5, 0.6) is 0 Å². The molecule has 0 aliphatic carbocycles. The first-order valence-electron chi connectivity index (χ1n) is 4.53. The van der Waals surface area contributed by atoms with Crippen molar-refractivity contribution in [2.75, 3.05) is 7.11 Å². The van der Waals surface area contributed by atoms with E-state index in [1.54, 1.807) is 0 Å². The second-order valence-corrected chi connectivity index (χ2v) is 3.00. The van der Waals surface area contributed by atoms with Crippen LogP contribution in [-0.4, -0.2) is 18.0 Å². The van der Waals surface area contributed by atoms with Crippen molar-refractivity contribution >= 4 is 17.7 Å². The van der Waals surface area contributed by atoms with Crippen LogP contribution in [0.25, 0.3) is 6.08 Å². The molecular weight excluding hydrogens is 224 g/mol. The smallest absolute Gasteiger partial charge is 0.330 e. The SMILES string of the molecule is COC(=O)/C=C/c1ccc([N+](=O)[O-])cc1C#N. The standard InChI is InChI=1S/C11H8N2O4/c1-17-11(14)5-3-8-2-4-10(13(15)16)6-9(8)7-12/h2-6H,1H3/b5-3+. The first-order chi connectivity index (χ1) is 8.08. The molecule has 0 saturated heterocycles. The lowest BCUT2D eigenvalue weighted by atomic mass is 10.1. The fourth-order valence-electron chi connectivity index (χ4n) is 1.13. The molecule has 1 aromatic carbocycles. The van der Waals surface area contributed by atoms with Gasteiger partial charge in [0.25, 0.3) is 5.69 Å². The Balaban J connectivity index is 3.10. The van der Waals surface area contributed by atoms with E-state index in [2.05, 4.69) is 4.74 Å². The fourth-order valence-corrected chi connectivity index (χ4v) is 1.13. The normalized spacial score (nSPS) is 9.88. The Morgan fingerprint density at radius 1 is 1.59 bits per heavy atom. The number of nitro groups is 1. The lowest BCUT2D eigenvalue weighted by Crippen LogP contribution is -1.94.